The van der Waals surface area contributed by atoms with Crippen molar-refractivity contribution in [3.8, 4) is 0 Å². The highest BCUT2D eigenvalue weighted by Gasteiger charge is 2.30. The van der Waals surface area contributed by atoms with Crippen LogP contribution >= 0.6 is 11.3 Å². The molecule has 2 aromatic heterocycles. The largest absolute Gasteiger partial charge is 0.444 e. The maximum Gasteiger partial charge on any atom is 0.410 e. The van der Waals surface area contributed by atoms with Crippen molar-refractivity contribution in [1.82, 2.24) is 24.8 Å². The maximum atomic E-state index is 12.5. The molecule has 3 N–H and O–H groups in total. The Labute approximate surface area is 215 Å². The van der Waals surface area contributed by atoms with E-state index in [9.17, 15) is 4.79 Å². The van der Waals surface area contributed by atoms with E-state index in [0.717, 1.165) is 60.8 Å². The number of thiazole rings is 1. The van der Waals surface area contributed by atoms with Crippen LogP contribution in [0.25, 0.3) is 6.08 Å². The standard InChI is InChI=1S/C24H34N8O3S/c1-24(2,3)35-23(33)32-8-6-16(15-32)26-21-27-17(14-31-9-11-34-12-10-31)13-19(29-21)30-22-28-18-5-4-7-25-20(18)36-22/h4-5,13,16,25H,6-12,14-15H2,1-3H3,(H2,26,27,28,29,30)/t16-/m0/s1. The van der Waals surface area contributed by atoms with Gasteiger partial charge in [-0.15, -0.1) is 0 Å². The number of nitrogens with zero attached hydrogens (tertiary/aromatic N) is 5. The molecule has 0 bridgehead atoms. The van der Waals surface area contributed by atoms with Crippen LogP contribution in [-0.4, -0.2) is 88.4 Å². The monoisotopic (exact) mass is 514 g/mol. The zero-order valence-electron chi connectivity index (χ0n) is 21.0. The van der Waals surface area contributed by atoms with Gasteiger partial charge in [0.05, 0.1) is 24.6 Å². The Bertz CT molecular complexity index is 1110. The molecule has 5 heterocycles. The zero-order chi connectivity index (χ0) is 25.1. The summed E-state index contributed by atoms with van der Waals surface area (Å²) in [6, 6.07) is 2.02. The van der Waals surface area contributed by atoms with Crippen molar-refractivity contribution in [2.75, 3.05) is 61.9 Å². The lowest BCUT2D eigenvalue weighted by atomic mass is 10.2. The molecule has 1 atom stereocenters. The molecule has 0 spiro atoms. The van der Waals surface area contributed by atoms with Crippen LogP contribution in [0.5, 0.6) is 0 Å². The molecule has 0 aromatic carbocycles. The van der Waals surface area contributed by atoms with E-state index >= 15 is 0 Å². The van der Waals surface area contributed by atoms with Gasteiger partial charge in [-0.25, -0.2) is 14.8 Å². The molecule has 3 aliphatic rings. The summed E-state index contributed by atoms with van der Waals surface area (Å²) < 4.78 is 11.0. The Morgan fingerprint density at radius 3 is 2.86 bits per heavy atom. The van der Waals surface area contributed by atoms with Crippen LogP contribution in [0.4, 0.5) is 26.7 Å². The number of morpholine rings is 1. The summed E-state index contributed by atoms with van der Waals surface area (Å²) in [6.45, 7) is 11.6. The average Bonchev–Trinajstić information content (AvgIpc) is 3.45. The van der Waals surface area contributed by atoms with Crippen molar-refractivity contribution in [2.24, 2.45) is 0 Å². The van der Waals surface area contributed by atoms with Gasteiger partial charge in [0.1, 0.15) is 16.4 Å². The fraction of sp³-hybridized carbons (Fsp3) is 0.583. The van der Waals surface area contributed by atoms with Gasteiger partial charge in [0.2, 0.25) is 5.95 Å². The Balaban J connectivity index is 1.30. The third-order valence-corrected chi connectivity index (χ3v) is 6.93. The number of hydrogen-bond acceptors (Lipinski definition) is 11. The van der Waals surface area contributed by atoms with Crippen LogP contribution in [0.1, 0.15) is 38.6 Å². The Morgan fingerprint density at radius 2 is 2.08 bits per heavy atom. The summed E-state index contributed by atoms with van der Waals surface area (Å²) in [5, 5.41) is 12.0. The summed E-state index contributed by atoms with van der Waals surface area (Å²) >= 11 is 1.57. The second kappa shape index (κ2) is 10.6. The number of ether oxygens (including phenoxy) is 2. The van der Waals surface area contributed by atoms with E-state index in [0.29, 0.717) is 31.4 Å². The molecule has 36 heavy (non-hydrogen) atoms. The van der Waals surface area contributed by atoms with Crippen molar-refractivity contribution < 1.29 is 14.3 Å². The fourth-order valence-electron chi connectivity index (χ4n) is 4.31. The first-order chi connectivity index (χ1) is 17.3. The number of hydrogen-bond donors (Lipinski definition) is 3. The highest BCUT2D eigenvalue weighted by atomic mass is 32.1. The molecule has 2 saturated heterocycles. The first-order valence-electron chi connectivity index (χ1n) is 12.4. The molecule has 0 saturated carbocycles. The van der Waals surface area contributed by atoms with E-state index in [1.165, 1.54) is 0 Å². The Morgan fingerprint density at radius 1 is 1.25 bits per heavy atom. The van der Waals surface area contributed by atoms with E-state index < -0.39 is 5.60 Å². The van der Waals surface area contributed by atoms with E-state index in [2.05, 4.69) is 31.9 Å². The van der Waals surface area contributed by atoms with Crippen LogP contribution in [0.2, 0.25) is 0 Å². The van der Waals surface area contributed by atoms with Crippen LogP contribution in [0.15, 0.2) is 12.1 Å². The predicted molar refractivity (Wildman–Crippen MR) is 141 cm³/mol. The van der Waals surface area contributed by atoms with Crippen molar-refractivity contribution in [3.05, 3.63) is 23.5 Å². The Hall–Kier alpha value is -2.96. The molecule has 1 amide bonds. The van der Waals surface area contributed by atoms with Gasteiger partial charge in [-0.2, -0.15) is 4.98 Å². The molecule has 194 valence electrons. The summed E-state index contributed by atoms with van der Waals surface area (Å²) in [5.41, 5.74) is 1.33. The normalized spacial score (nSPS) is 20.1. The van der Waals surface area contributed by atoms with E-state index in [1.54, 1.807) is 16.2 Å². The predicted octanol–water partition coefficient (Wildman–Crippen LogP) is 3.37. The minimum absolute atomic E-state index is 0.0468. The molecule has 2 fully saturated rings. The fourth-order valence-corrected chi connectivity index (χ4v) is 5.17. The number of fused-ring (bicyclic) bond motifs is 1. The van der Waals surface area contributed by atoms with Crippen molar-refractivity contribution in [1.29, 1.82) is 0 Å². The number of carbonyl (C=O) groups is 1. The lowest BCUT2D eigenvalue weighted by Crippen LogP contribution is -2.37. The molecule has 3 aliphatic heterocycles. The van der Waals surface area contributed by atoms with Gasteiger partial charge in [-0.05, 0) is 33.3 Å². The van der Waals surface area contributed by atoms with Crippen molar-refractivity contribution in [2.45, 2.75) is 45.4 Å². The first kappa shape index (κ1) is 24.7. The molecular formula is C24H34N8O3S. The molecule has 0 aliphatic carbocycles. The minimum atomic E-state index is -0.513. The molecule has 5 rings (SSSR count). The molecule has 12 heteroatoms. The quantitative estimate of drug-likeness (QED) is 0.530. The van der Waals surface area contributed by atoms with E-state index in [-0.39, 0.29) is 12.1 Å². The number of anilines is 4. The summed E-state index contributed by atoms with van der Waals surface area (Å²) in [7, 11) is 0. The van der Waals surface area contributed by atoms with Gasteiger partial charge >= 0.3 is 6.09 Å². The lowest BCUT2D eigenvalue weighted by Gasteiger charge is -2.26. The smallest absolute Gasteiger partial charge is 0.410 e. The molecule has 0 radical (unpaired) electrons. The molecule has 0 unspecified atom stereocenters. The number of likely N-dealkylation sites (tertiary alicyclic amines) is 1. The summed E-state index contributed by atoms with van der Waals surface area (Å²) in [4.78, 5) is 30.8. The number of rotatable bonds is 6. The average molecular weight is 515 g/mol. The summed E-state index contributed by atoms with van der Waals surface area (Å²) in [6.07, 6.45) is 4.60. The third-order valence-electron chi connectivity index (χ3n) is 5.99. The highest BCUT2D eigenvalue weighted by Crippen LogP contribution is 2.33. The van der Waals surface area contributed by atoms with Crippen molar-refractivity contribution >= 4 is 45.4 Å². The Kier molecular flexibility index (Phi) is 7.26. The minimum Gasteiger partial charge on any atom is -0.444 e. The highest BCUT2D eigenvalue weighted by molar-refractivity contribution is 7.19. The van der Waals surface area contributed by atoms with Crippen LogP contribution < -0.4 is 16.0 Å². The number of amides is 1. The maximum absolute atomic E-state index is 12.5. The number of nitrogens with one attached hydrogen (secondary N) is 3. The van der Waals surface area contributed by atoms with Gasteiger partial charge in [0.15, 0.2) is 5.13 Å². The van der Waals surface area contributed by atoms with Gasteiger partial charge in [0.25, 0.3) is 0 Å². The zero-order valence-corrected chi connectivity index (χ0v) is 21.9. The molecular weight excluding hydrogens is 480 g/mol. The van der Waals surface area contributed by atoms with Crippen LogP contribution in [-0.2, 0) is 16.0 Å². The van der Waals surface area contributed by atoms with Crippen LogP contribution in [0, 0.1) is 0 Å². The van der Waals surface area contributed by atoms with Crippen LogP contribution in [0.3, 0.4) is 0 Å². The number of carbonyl (C=O) groups excluding carboxylic acids is 1. The van der Waals surface area contributed by atoms with Gasteiger partial charge in [-0.1, -0.05) is 17.4 Å². The molecule has 2 aromatic rings. The van der Waals surface area contributed by atoms with Gasteiger partial charge in [0, 0.05) is 51.4 Å². The SMILES string of the molecule is CC(C)(C)OC(=O)N1CC[C@H](Nc2nc(CN3CCOCC3)cc(Nc3nc4c(s3)NCC=C4)n2)C1. The summed E-state index contributed by atoms with van der Waals surface area (Å²) in [5.74, 6) is 1.23. The van der Waals surface area contributed by atoms with E-state index in [4.69, 9.17) is 19.4 Å². The second-order valence-electron chi connectivity index (χ2n) is 10.2. The number of aromatic nitrogens is 3. The second-order valence-corrected chi connectivity index (χ2v) is 11.2. The topological polar surface area (TPSA) is 117 Å². The molecule has 11 nitrogen and oxygen atoms in total. The van der Waals surface area contributed by atoms with Crippen molar-refractivity contribution in [3.63, 3.8) is 0 Å². The van der Waals surface area contributed by atoms with Gasteiger partial charge < -0.3 is 30.3 Å². The first-order valence-corrected chi connectivity index (χ1v) is 13.2. The van der Waals surface area contributed by atoms with E-state index in [1.807, 2.05) is 32.9 Å². The van der Waals surface area contributed by atoms with Gasteiger partial charge in [-0.3, -0.25) is 4.90 Å². The third kappa shape index (κ3) is 6.42. The lowest BCUT2D eigenvalue weighted by molar-refractivity contribution is 0.0293.